The molecular weight excluding hydrogens is 223 g/mol. The summed E-state index contributed by atoms with van der Waals surface area (Å²) in [6, 6.07) is 0.0281. The maximum atomic E-state index is 12.1. The van der Waals surface area contributed by atoms with E-state index >= 15 is 0 Å². The summed E-state index contributed by atoms with van der Waals surface area (Å²) < 4.78 is 36.4. The number of nitrogens with zero attached hydrogens (tertiary/aromatic N) is 1. The second-order valence-corrected chi connectivity index (χ2v) is 4.46. The topological polar surface area (TPSA) is 43.7 Å². The van der Waals surface area contributed by atoms with Crippen molar-refractivity contribution in [1.82, 2.24) is 4.90 Å². The Kier molecular flexibility index (Phi) is 4.58. The molecule has 1 aliphatic carbocycles. The standard InChI is InChI=1S/C10H18F3NO2/c1-14(6-9(16)10(11,12)13)7-2-4-8(15)5-3-7/h7-9,15-16H,2-6H2,1H3/t7?,8?,9-/m1/s1. The zero-order valence-corrected chi connectivity index (χ0v) is 9.24. The van der Waals surface area contributed by atoms with Crippen molar-refractivity contribution in [2.24, 2.45) is 0 Å². The molecule has 16 heavy (non-hydrogen) atoms. The summed E-state index contributed by atoms with van der Waals surface area (Å²) in [6.07, 6.45) is -4.55. The van der Waals surface area contributed by atoms with Gasteiger partial charge in [-0.1, -0.05) is 0 Å². The van der Waals surface area contributed by atoms with Crippen LogP contribution in [-0.4, -0.2) is 53.1 Å². The number of aliphatic hydroxyl groups is 2. The van der Waals surface area contributed by atoms with Crippen LogP contribution in [-0.2, 0) is 0 Å². The summed E-state index contributed by atoms with van der Waals surface area (Å²) >= 11 is 0. The van der Waals surface area contributed by atoms with Gasteiger partial charge in [-0.3, -0.25) is 0 Å². The minimum atomic E-state index is -4.55. The second kappa shape index (κ2) is 5.33. The van der Waals surface area contributed by atoms with E-state index in [0.29, 0.717) is 25.7 Å². The van der Waals surface area contributed by atoms with Crippen molar-refractivity contribution in [1.29, 1.82) is 0 Å². The molecular formula is C10H18F3NO2. The highest BCUT2D eigenvalue weighted by Gasteiger charge is 2.39. The molecule has 0 aromatic carbocycles. The van der Waals surface area contributed by atoms with E-state index < -0.39 is 18.8 Å². The second-order valence-electron chi connectivity index (χ2n) is 4.46. The molecule has 1 fully saturated rings. The monoisotopic (exact) mass is 241 g/mol. The normalized spacial score (nSPS) is 29.4. The fraction of sp³-hybridized carbons (Fsp3) is 1.00. The van der Waals surface area contributed by atoms with Crippen molar-refractivity contribution >= 4 is 0 Å². The van der Waals surface area contributed by atoms with Crippen LogP contribution in [0, 0.1) is 0 Å². The van der Waals surface area contributed by atoms with E-state index in [2.05, 4.69) is 0 Å². The van der Waals surface area contributed by atoms with Crippen molar-refractivity contribution < 1.29 is 23.4 Å². The predicted octanol–water partition coefficient (Wildman–Crippen LogP) is 1.14. The molecule has 0 saturated heterocycles. The highest BCUT2D eigenvalue weighted by Crippen LogP contribution is 2.25. The molecule has 1 aliphatic rings. The lowest BCUT2D eigenvalue weighted by molar-refractivity contribution is -0.209. The number of rotatable bonds is 3. The summed E-state index contributed by atoms with van der Waals surface area (Å²) in [7, 11) is 1.58. The van der Waals surface area contributed by atoms with Crippen molar-refractivity contribution in [2.45, 2.75) is 50.1 Å². The lowest BCUT2D eigenvalue weighted by atomic mass is 9.92. The van der Waals surface area contributed by atoms with Gasteiger partial charge in [-0.05, 0) is 32.7 Å². The minimum Gasteiger partial charge on any atom is -0.393 e. The first-order valence-corrected chi connectivity index (χ1v) is 5.43. The van der Waals surface area contributed by atoms with Crippen molar-refractivity contribution in [3.8, 4) is 0 Å². The molecule has 0 aromatic rings. The van der Waals surface area contributed by atoms with Crippen LogP contribution < -0.4 is 0 Å². The van der Waals surface area contributed by atoms with E-state index in [1.54, 1.807) is 7.05 Å². The maximum absolute atomic E-state index is 12.1. The Morgan fingerprint density at radius 3 is 2.19 bits per heavy atom. The van der Waals surface area contributed by atoms with Crippen LogP contribution in [0.3, 0.4) is 0 Å². The molecule has 6 heteroatoms. The average molecular weight is 241 g/mol. The summed E-state index contributed by atoms with van der Waals surface area (Å²) in [5.74, 6) is 0. The Balaban J connectivity index is 2.37. The Morgan fingerprint density at radius 2 is 1.75 bits per heavy atom. The molecule has 0 bridgehead atoms. The van der Waals surface area contributed by atoms with Crippen LogP contribution in [0.2, 0.25) is 0 Å². The number of hydrogen-bond acceptors (Lipinski definition) is 3. The first-order chi connectivity index (χ1) is 7.30. The molecule has 1 atom stereocenters. The highest BCUT2D eigenvalue weighted by molar-refractivity contribution is 4.80. The third kappa shape index (κ3) is 3.92. The molecule has 0 aromatic heterocycles. The Hall–Kier alpha value is -0.330. The lowest BCUT2D eigenvalue weighted by Gasteiger charge is -2.34. The number of aliphatic hydroxyl groups excluding tert-OH is 2. The van der Waals surface area contributed by atoms with Gasteiger partial charge in [0.05, 0.1) is 6.10 Å². The number of halogens is 3. The molecule has 3 nitrogen and oxygen atoms in total. The molecule has 0 aliphatic heterocycles. The van der Waals surface area contributed by atoms with Crippen molar-refractivity contribution in [3.05, 3.63) is 0 Å². The van der Waals surface area contributed by atoms with Gasteiger partial charge in [0.2, 0.25) is 0 Å². The maximum Gasteiger partial charge on any atom is 0.415 e. The van der Waals surface area contributed by atoms with Crippen LogP contribution in [0.15, 0.2) is 0 Å². The Bertz CT molecular complexity index is 215. The van der Waals surface area contributed by atoms with Crippen LogP contribution in [0.5, 0.6) is 0 Å². The van der Waals surface area contributed by atoms with Gasteiger partial charge in [0, 0.05) is 12.6 Å². The lowest BCUT2D eigenvalue weighted by Crippen LogP contribution is -2.45. The SMILES string of the molecule is CN(C[C@@H](O)C(F)(F)F)C1CCC(O)CC1. The van der Waals surface area contributed by atoms with E-state index in [1.807, 2.05) is 0 Å². The van der Waals surface area contributed by atoms with Gasteiger partial charge in [-0.25, -0.2) is 0 Å². The number of likely N-dealkylation sites (N-methyl/N-ethyl adjacent to an activating group) is 1. The molecule has 1 rings (SSSR count). The van der Waals surface area contributed by atoms with E-state index in [9.17, 15) is 18.3 Å². The zero-order chi connectivity index (χ0) is 12.3. The molecule has 0 radical (unpaired) electrons. The van der Waals surface area contributed by atoms with Gasteiger partial charge in [0.25, 0.3) is 0 Å². The third-order valence-electron chi connectivity index (χ3n) is 3.13. The van der Waals surface area contributed by atoms with Crippen molar-refractivity contribution in [3.63, 3.8) is 0 Å². The fourth-order valence-electron chi connectivity index (χ4n) is 2.02. The van der Waals surface area contributed by atoms with Gasteiger partial charge in [0.1, 0.15) is 0 Å². The van der Waals surface area contributed by atoms with Gasteiger partial charge in [0.15, 0.2) is 6.10 Å². The van der Waals surface area contributed by atoms with Gasteiger partial charge >= 0.3 is 6.18 Å². The van der Waals surface area contributed by atoms with E-state index in [1.165, 1.54) is 4.90 Å². The molecule has 0 spiro atoms. The molecule has 1 saturated carbocycles. The number of alkyl halides is 3. The first kappa shape index (κ1) is 13.7. The van der Waals surface area contributed by atoms with E-state index in [0.717, 1.165) is 0 Å². The molecule has 0 unspecified atom stereocenters. The predicted molar refractivity (Wildman–Crippen MR) is 53.0 cm³/mol. The van der Waals surface area contributed by atoms with Crippen LogP contribution in [0.1, 0.15) is 25.7 Å². The molecule has 96 valence electrons. The first-order valence-electron chi connectivity index (χ1n) is 5.43. The fourth-order valence-corrected chi connectivity index (χ4v) is 2.02. The van der Waals surface area contributed by atoms with Gasteiger partial charge in [-0.2, -0.15) is 13.2 Å². The average Bonchev–Trinajstić information content (AvgIpc) is 2.17. The molecule has 0 amide bonds. The van der Waals surface area contributed by atoms with Crippen LogP contribution in [0.25, 0.3) is 0 Å². The summed E-state index contributed by atoms with van der Waals surface area (Å²) in [5, 5.41) is 18.2. The van der Waals surface area contributed by atoms with E-state index in [4.69, 9.17) is 5.11 Å². The molecule has 0 heterocycles. The van der Waals surface area contributed by atoms with Gasteiger partial charge < -0.3 is 15.1 Å². The van der Waals surface area contributed by atoms with Crippen molar-refractivity contribution in [2.75, 3.05) is 13.6 Å². The molecule has 2 N–H and O–H groups in total. The Morgan fingerprint density at radius 1 is 1.25 bits per heavy atom. The number of hydrogen-bond donors (Lipinski definition) is 2. The quantitative estimate of drug-likeness (QED) is 0.779. The summed E-state index contributed by atoms with van der Waals surface area (Å²) in [5.41, 5.74) is 0. The van der Waals surface area contributed by atoms with Crippen LogP contribution in [0.4, 0.5) is 13.2 Å². The zero-order valence-electron chi connectivity index (χ0n) is 9.24. The van der Waals surface area contributed by atoms with Crippen LogP contribution >= 0.6 is 0 Å². The summed E-state index contributed by atoms with van der Waals surface area (Å²) in [6.45, 7) is -0.399. The largest absolute Gasteiger partial charge is 0.415 e. The highest BCUT2D eigenvalue weighted by atomic mass is 19.4. The minimum absolute atomic E-state index is 0.0281. The third-order valence-corrected chi connectivity index (χ3v) is 3.13. The summed E-state index contributed by atoms with van der Waals surface area (Å²) in [4.78, 5) is 1.53. The Labute approximate surface area is 92.9 Å². The van der Waals surface area contributed by atoms with Gasteiger partial charge in [-0.15, -0.1) is 0 Å². The van der Waals surface area contributed by atoms with E-state index in [-0.39, 0.29) is 12.1 Å². The smallest absolute Gasteiger partial charge is 0.393 e.